The van der Waals surface area contributed by atoms with E-state index in [1.54, 1.807) is 18.2 Å². The van der Waals surface area contributed by atoms with Crippen LogP contribution in [-0.2, 0) is 4.79 Å². The summed E-state index contributed by atoms with van der Waals surface area (Å²) in [5.74, 6) is -0.375. The van der Waals surface area contributed by atoms with Crippen LogP contribution in [0.3, 0.4) is 0 Å². The van der Waals surface area contributed by atoms with Gasteiger partial charge in [-0.15, -0.1) is 0 Å². The minimum atomic E-state index is -0.945. The molecule has 2 aromatic rings. The van der Waals surface area contributed by atoms with Gasteiger partial charge in [0.15, 0.2) is 0 Å². The molecule has 1 unspecified atom stereocenters. The standard InChI is InChI=1S/C26H30O3/c1-25(2)16-21(15-19-7-5-18(6-8-19)9-14-23(28)29)24(26(3,4)17-25)20-10-12-22(27)13-11-20/h5-15,24,27H,16-17H2,1-4H3,(H,28,29)/b14-9+,21-15?. The molecular formula is C26H30O3. The molecule has 3 nitrogen and oxygen atoms in total. The molecule has 0 aliphatic heterocycles. The molecule has 1 aliphatic carbocycles. The first-order chi connectivity index (χ1) is 13.6. The lowest BCUT2D eigenvalue weighted by molar-refractivity contribution is -0.131. The van der Waals surface area contributed by atoms with E-state index in [1.165, 1.54) is 11.1 Å². The molecule has 3 rings (SSSR count). The lowest BCUT2D eigenvalue weighted by Gasteiger charge is -2.48. The summed E-state index contributed by atoms with van der Waals surface area (Å²) < 4.78 is 0. The average molecular weight is 391 g/mol. The molecule has 0 heterocycles. The molecule has 0 bridgehead atoms. The maximum absolute atomic E-state index is 10.7. The highest BCUT2D eigenvalue weighted by Gasteiger charge is 2.43. The van der Waals surface area contributed by atoms with Crippen molar-refractivity contribution in [3.8, 4) is 5.75 Å². The number of hydrogen-bond acceptors (Lipinski definition) is 2. The molecule has 0 aromatic heterocycles. The topological polar surface area (TPSA) is 57.5 Å². The molecule has 1 atom stereocenters. The summed E-state index contributed by atoms with van der Waals surface area (Å²) in [6.07, 6.45) is 7.18. The summed E-state index contributed by atoms with van der Waals surface area (Å²) in [5, 5.41) is 18.5. The maximum atomic E-state index is 10.7. The number of carboxylic acids is 1. The van der Waals surface area contributed by atoms with Crippen LogP contribution < -0.4 is 0 Å². The molecule has 29 heavy (non-hydrogen) atoms. The van der Waals surface area contributed by atoms with Crippen molar-refractivity contribution < 1.29 is 15.0 Å². The second-order valence-electron chi connectivity index (χ2n) is 9.59. The van der Waals surface area contributed by atoms with E-state index in [9.17, 15) is 9.90 Å². The van der Waals surface area contributed by atoms with Crippen LogP contribution in [0, 0.1) is 10.8 Å². The lowest BCUT2D eigenvalue weighted by Crippen LogP contribution is -2.36. The third-order valence-corrected chi connectivity index (χ3v) is 5.70. The summed E-state index contributed by atoms with van der Waals surface area (Å²) in [6.45, 7) is 9.32. The van der Waals surface area contributed by atoms with Gasteiger partial charge in [0.2, 0.25) is 0 Å². The first kappa shape index (κ1) is 20.9. The van der Waals surface area contributed by atoms with Crippen LogP contribution in [0.1, 0.15) is 63.1 Å². The number of carboxylic acid groups (broad SMARTS) is 1. The quantitative estimate of drug-likeness (QED) is 0.586. The zero-order valence-corrected chi connectivity index (χ0v) is 17.6. The van der Waals surface area contributed by atoms with Crippen molar-refractivity contribution in [2.45, 2.75) is 46.5 Å². The monoisotopic (exact) mass is 390 g/mol. The summed E-state index contributed by atoms with van der Waals surface area (Å²) in [4.78, 5) is 10.7. The number of phenols is 1. The van der Waals surface area contributed by atoms with Gasteiger partial charge in [-0.1, -0.05) is 75.7 Å². The normalized spacial score (nSPS) is 22.1. The van der Waals surface area contributed by atoms with Crippen molar-refractivity contribution in [1.82, 2.24) is 0 Å². The van der Waals surface area contributed by atoms with Gasteiger partial charge in [-0.3, -0.25) is 0 Å². The molecule has 1 saturated carbocycles. The molecule has 2 N–H and O–H groups in total. The molecular weight excluding hydrogens is 360 g/mol. The summed E-state index contributed by atoms with van der Waals surface area (Å²) in [6, 6.07) is 15.6. The predicted molar refractivity (Wildman–Crippen MR) is 119 cm³/mol. The fraction of sp³-hybridized carbons (Fsp3) is 0.346. The highest BCUT2D eigenvalue weighted by atomic mass is 16.4. The van der Waals surface area contributed by atoms with Gasteiger partial charge < -0.3 is 10.2 Å². The van der Waals surface area contributed by atoms with Crippen molar-refractivity contribution in [1.29, 1.82) is 0 Å². The molecule has 1 aliphatic rings. The van der Waals surface area contributed by atoms with E-state index >= 15 is 0 Å². The van der Waals surface area contributed by atoms with Crippen molar-refractivity contribution in [3.05, 3.63) is 76.9 Å². The Hall–Kier alpha value is -2.81. The maximum Gasteiger partial charge on any atom is 0.328 e. The Kier molecular flexibility index (Phi) is 5.70. The van der Waals surface area contributed by atoms with Gasteiger partial charge in [-0.05, 0) is 58.6 Å². The minimum Gasteiger partial charge on any atom is -0.508 e. The van der Waals surface area contributed by atoms with Crippen LogP contribution in [0.4, 0.5) is 0 Å². The van der Waals surface area contributed by atoms with Gasteiger partial charge in [0, 0.05) is 12.0 Å². The van der Waals surface area contributed by atoms with E-state index in [1.807, 2.05) is 36.4 Å². The Morgan fingerprint density at radius 2 is 1.55 bits per heavy atom. The van der Waals surface area contributed by atoms with E-state index in [0.717, 1.165) is 30.0 Å². The number of aromatic hydroxyl groups is 1. The fourth-order valence-corrected chi connectivity index (χ4v) is 5.11. The number of carbonyl (C=O) groups is 1. The Morgan fingerprint density at radius 1 is 0.966 bits per heavy atom. The van der Waals surface area contributed by atoms with Crippen LogP contribution in [0.2, 0.25) is 0 Å². The third kappa shape index (κ3) is 5.17. The fourth-order valence-electron chi connectivity index (χ4n) is 5.11. The van der Waals surface area contributed by atoms with Crippen LogP contribution >= 0.6 is 0 Å². The van der Waals surface area contributed by atoms with Crippen LogP contribution in [0.15, 0.2) is 60.2 Å². The lowest BCUT2D eigenvalue weighted by atomic mass is 9.56. The molecule has 0 amide bonds. The largest absolute Gasteiger partial charge is 0.508 e. The van der Waals surface area contributed by atoms with Gasteiger partial charge in [-0.25, -0.2) is 4.79 Å². The molecule has 152 valence electrons. The summed E-state index contributed by atoms with van der Waals surface area (Å²) in [7, 11) is 0. The van der Waals surface area contributed by atoms with E-state index in [0.29, 0.717) is 5.75 Å². The highest BCUT2D eigenvalue weighted by molar-refractivity contribution is 5.85. The van der Waals surface area contributed by atoms with E-state index < -0.39 is 5.97 Å². The number of rotatable bonds is 4. The first-order valence-electron chi connectivity index (χ1n) is 10.1. The molecule has 2 aromatic carbocycles. The van der Waals surface area contributed by atoms with Crippen molar-refractivity contribution in [2.24, 2.45) is 10.8 Å². The second kappa shape index (κ2) is 7.90. The zero-order valence-electron chi connectivity index (χ0n) is 17.6. The Bertz CT molecular complexity index is 929. The van der Waals surface area contributed by atoms with E-state index in [-0.39, 0.29) is 16.7 Å². The number of phenolic OH excluding ortho intramolecular Hbond substituents is 1. The smallest absolute Gasteiger partial charge is 0.328 e. The van der Waals surface area contributed by atoms with Gasteiger partial charge in [0.1, 0.15) is 5.75 Å². The van der Waals surface area contributed by atoms with Gasteiger partial charge >= 0.3 is 5.97 Å². The second-order valence-corrected chi connectivity index (χ2v) is 9.59. The van der Waals surface area contributed by atoms with Crippen LogP contribution in [-0.4, -0.2) is 16.2 Å². The zero-order chi connectivity index (χ0) is 21.2. The number of benzene rings is 2. The molecule has 0 spiro atoms. The predicted octanol–water partition coefficient (Wildman–Crippen LogP) is 6.50. The van der Waals surface area contributed by atoms with Crippen molar-refractivity contribution in [3.63, 3.8) is 0 Å². The number of allylic oxidation sites excluding steroid dienone is 1. The van der Waals surface area contributed by atoms with Crippen molar-refractivity contribution >= 4 is 18.1 Å². The first-order valence-corrected chi connectivity index (χ1v) is 10.1. The summed E-state index contributed by atoms with van der Waals surface area (Å²) >= 11 is 0. The van der Waals surface area contributed by atoms with Gasteiger partial charge in [0.05, 0.1) is 0 Å². The number of aliphatic carboxylic acids is 1. The molecule has 0 saturated heterocycles. The number of hydrogen-bond donors (Lipinski definition) is 2. The van der Waals surface area contributed by atoms with E-state index in [4.69, 9.17) is 5.11 Å². The van der Waals surface area contributed by atoms with Gasteiger partial charge in [0.25, 0.3) is 0 Å². The Labute approximate surface area is 173 Å². The molecule has 0 radical (unpaired) electrons. The minimum absolute atomic E-state index is 0.0920. The Balaban J connectivity index is 2.00. The molecule has 3 heteroatoms. The van der Waals surface area contributed by atoms with Crippen LogP contribution in [0.25, 0.3) is 12.2 Å². The SMILES string of the molecule is CC1(C)CC(=Cc2ccc(/C=C/C(=O)O)cc2)C(c2ccc(O)cc2)C(C)(C)C1. The van der Waals surface area contributed by atoms with Gasteiger partial charge in [-0.2, -0.15) is 0 Å². The van der Waals surface area contributed by atoms with Crippen molar-refractivity contribution in [2.75, 3.05) is 0 Å². The third-order valence-electron chi connectivity index (χ3n) is 5.70. The molecule has 1 fully saturated rings. The summed E-state index contributed by atoms with van der Waals surface area (Å²) in [5.41, 5.74) is 4.92. The van der Waals surface area contributed by atoms with Crippen LogP contribution in [0.5, 0.6) is 5.75 Å². The Morgan fingerprint density at radius 3 is 2.14 bits per heavy atom. The van der Waals surface area contributed by atoms with E-state index in [2.05, 4.69) is 33.8 Å². The highest BCUT2D eigenvalue weighted by Crippen LogP contribution is 2.56. The average Bonchev–Trinajstić information content (AvgIpc) is 2.60.